The molecule has 1 aromatic rings. The van der Waals surface area contributed by atoms with Crippen LogP contribution < -0.4 is 4.74 Å². The number of rotatable bonds is 6. The number of halogens is 1. The monoisotopic (exact) mass is 364 g/mol. The standard InChI is InChI=1S/C20H29BrO/c1-5-6-7-10-17-13-15(3)18(20(22-4)19(17)21)16-11-8-9-14(2)12-16/h12-13,16H,5-11H2,1-4H3. The second-order valence-electron chi connectivity index (χ2n) is 6.58. The molecule has 1 atom stereocenters. The smallest absolute Gasteiger partial charge is 0.137 e. The normalized spacial score (nSPS) is 18.2. The fourth-order valence-electron chi connectivity index (χ4n) is 3.59. The third kappa shape index (κ3) is 3.95. The molecule has 1 aliphatic rings. The summed E-state index contributed by atoms with van der Waals surface area (Å²) in [4.78, 5) is 0. The summed E-state index contributed by atoms with van der Waals surface area (Å²) >= 11 is 3.81. The Hall–Kier alpha value is -0.760. The summed E-state index contributed by atoms with van der Waals surface area (Å²) in [6, 6.07) is 2.37. The summed E-state index contributed by atoms with van der Waals surface area (Å²) in [5.74, 6) is 1.56. The van der Waals surface area contributed by atoms with Gasteiger partial charge in [-0.3, -0.25) is 0 Å². The zero-order valence-corrected chi connectivity index (χ0v) is 16.1. The number of hydrogen-bond donors (Lipinski definition) is 0. The van der Waals surface area contributed by atoms with Gasteiger partial charge in [-0.05, 0) is 73.0 Å². The molecule has 1 aliphatic carbocycles. The predicted octanol–water partition coefficient (Wildman–Crippen LogP) is 6.71. The lowest BCUT2D eigenvalue weighted by Crippen LogP contribution is -2.08. The van der Waals surface area contributed by atoms with E-state index in [1.807, 2.05) is 0 Å². The van der Waals surface area contributed by atoms with Gasteiger partial charge in [-0.15, -0.1) is 0 Å². The van der Waals surface area contributed by atoms with E-state index in [4.69, 9.17) is 4.74 Å². The average Bonchev–Trinajstić information content (AvgIpc) is 2.50. The van der Waals surface area contributed by atoms with Crippen LogP contribution in [-0.4, -0.2) is 7.11 Å². The van der Waals surface area contributed by atoms with E-state index in [2.05, 4.69) is 48.8 Å². The third-order valence-electron chi connectivity index (χ3n) is 4.74. The minimum Gasteiger partial charge on any atom is -0.495 e. The molecule has 2 rings (SSSR count). The van der Waals surface area contributed by atoms with Crippen LogP contribution in [-0.2, 0) is 6.42 Å². The maximum atomic E-state index is 5.82. The Morgan fingerprint density at radius 1 is 1.27 bits per heavy atom. The van der Waals surface area contributed by atoms with Crippen LogP contribution >= 0.6 is 15.9 Å². The van der Waals surface area contributed by atoms with Gasteiger partial charge in [0, 0.05) is 11.5 Å². The summed E-state index contributed by atoms with van der Waals surface area (Å²) in [5, 5.41) is 0. The number of ether oxygens (including phenoxy) is 1. The Morgan fingerprint density at radius 2 is 2.05 bits per heavy atom. The highest BCUT2D eigenvalue weighted by atomic mass is 79.9. The van der Waals surface area contributed by atoms with Crippen molar-refractivity contribution in [3.8, 4) is 5.75 Å². The molecule has 0 saturated heterocycles. The van der Waals surface area contributed by atoms with Gasteiger partial charge in [0.1, 0.15) is 5.75 Å². The summed E-state index contributed by atoms with van der Waals surface area (Å²) in [6.07, 6.45) is 11.1. The molecule has 0 amide bonds. The summed E-state index contributed by atoms with van der Waals surface area (Å²) in [5.41, 5.74) is 5.67. The largest absolute Gasteiger partial charge is 0.495 e. The maximum Gasteiger partial charge on any atom is 0.137 e. The Balaban J connectivity index is 2.38. The minimum atomic E-state index is 0.504. The molecule has 1 nitrogen and oxygen atoms in total. The van der Waals surface area contributed by atoms with Crippen molar-refractivity contribution < 1.29 is 4.74 Å². The molecular formula is C20H29BrO. The van der Waals surface area contributed by atoms with Crippen molar-refractivity contribution in [3.05, 3.63) is 38.9 Å². The molecule has 0 fully saturated rings. The van der Waals surface area contributed by atoms with E-state index in [1.54, 1.807) is 7.11 Å². The molecule has 0 aromatic heterocycles. The van der Waals surface area contributed by atoms with E-state index in [-0.39, 0.29) is 0 Å². The molecule has 1 unspecified atom stereocenters. The van der Waals surface area contributed by atoms with Gasteiger partial charge < -0.3 is 4.74 Å². The maximum absolute atomic E-state index is 5.82. The Morgan fingerprint density at radius 3 is 2.68 bits per heavy atom. The molecule has 0 radical (unpaired) electrons. The zero-order chi connectivity index (χ0) is 16.1. The fourth-order valence-corrected chi connectivity index (χ4v) is 4.28. The van der Waals surface area contributed by atoms with Gasteiger partial charge in [0.2, 0.25) is 0 Å². The third-order valence-corrected chi connectivity index (χ3v) is 5.61. The first kappa shape index (κ1) is 17.6. The predicted molar refractivity (Wildman–Crippen MR) is 99.0 cm³/mol. The van der Waals surface area contributed by atoms with Crippen LogP contribution in [0.15, 0.2) is 22.2 Å². The van der Waals surface area contributed by atoms with Crippen molar-refractivity contribution >= 4 is 15.9 Å². The zero-order valence-electron chi connectivity index (χ0n) is 14.5. The quantitative estimate of drug-likeness (QED) is 0.402. The molecule has 22 heavy (non-hydrogen) atoms. The molecule has 0 N–H and O–H groups in total. The van der Waals surface area contributed by atoms with Crippen LogP contribution in [0.3, 0.4) is 0 Å². The van der Waals surface area contributed by atoms with Crippen molar-refractivity contribution in [2.75, 3.05) is 7.11 Å². The van der Waals surface area contributed by atoms with Gasteiger partial charge in [-0.1, -0.05) is 37.5 Å². The molecule has 0 saturated carbocycles. The van der Waals surface area contributed by atoms with Crippen LogP contribution in [0.5, 0.6) is 5.75 Å². The van der Waals surface area contributed by atoms with Crippen molar-refractivity contribution in [3.63, 3.8) is 0 Å². The topological polar surface area (TPSA) is 9.23 Å². The van der Waals surface area contributed by atoms with E-state index < -0.39 is 0 Å². The molecule has 2 heteroatoms. The second kappa shape index (κ2) is 8.19. The highest BCUT2D eigenvalue weighted by molar-refractivity contribution is 9.10. The number of unbranched alkanes of at least 4 members (excludes halogenated alkanes) is 2. The lowest BCUT2D eigenvalue weighted by Gasteiger charge is -2.25. The van der Waals surface area contributed by atoms with Crippen LogP contribution in [0.4, 0.5) is 0 Å². The summed E-state index contributed by atoms with van der Waals surface area (Å²) in [6.45, 7) is 6.75. The first-order chi connectivity index (χ1) is 10.6. The SMILES string of the molecule is CCCCCc1cc(C)c(C2C=C(C)CCC2)c(OC)c1Br. The lowest BCUT2D eigenvalue weighted by atomic mass is 9.83. The van der Waals surface area contributed by atoms with E-state index in [0.29, 0.717) is 5.92 Å². The lowest BCUT2D eigenvalue weighted by molar-refractivity contribution is 0.401. The van der Waals surface area contributed by atoms with Crippen LogP contribution in [0.2, 0.25) is 0 Å². The molecular weight excluding hydrogens is 336 g/mol. The van der Waals surface area contributed by atoms with E-state index >= 15 is 0 Å². The fraction of sp³-hybridized carbons (Fsp3) is 0.600. The summed E-state index contributed by atoms with van der Waals surface area (Å²) in [7, 11) is 1.80. The van der Waals surface area contributed by atoms with Gasteiger partial charge in [0.05, 0.1) is 11.6 Å². The van der Waals surface area contributed by atoms with Crippen molar-refractivity contribution in [1.29, 1.82) is 0 Å². The van der Waals surface area contributed by atoms with Gasteiger partial charge in [0.25, 0.3) is 0 Å². The van der Waals surface area contributed by atoms with E-state index in [1.165, 1.54) is 65.3 Å². The first-order valence-electron chi connectivity index (χ1n) is 8.61. The van der Waals surface area contributed by atoms with Crippen LogP contribution in [0.1, 0.15) is 75.0 Å². The number of benzene rings is 1. The van der Waals surface area contributed by atoms with Crippen molar-refractivity contribution in [2.24, 2.45) is 0 Å². The van der Waals surface area contributed by atoms with Crippen LogP contribution in [0.25, 0.3) is 0 Å². The molecule has 122 valence electrons. The number of hydrogen-bond acceptors (Lipinski definition) is 1. The van der Waals surface area contributed by atoms with Gasteiger partial charge in [-0.25, -0.2) is 0 Å². The van der Waals surface area contributed by atoms with Crippen LogP contribution in [0, 0.1) is 6.92 Å². The Kier molecular flexibility index (Phi) is 6.55. The molecule has 0 bridgehead atoms. The van der Waals surface area contributed by atoms with E-state index in [9.17, 15) is 0 Å². The van der Waals surface area contributed by atoms with Crippen molar-refractivity contribution in [2.45, 2.75) is 71.6 Å². The number of aryl methyl sites for hydroxylation is 2. The van der Waals surface area contributed by atoms with Gasteiger partial charge >= 0.3 is 0 Å². The molecule has 1 aromatic carbocycles. The van der Waals surface area contributed by atoms with Crippen molar-refractivity contribution in [1.82, 2.24) is 0 Å². The number of methoxy groups -OCH3 is 1. The molecule has 0 spiro atoms. The highest BCUT2D eigenvalue weighted by Gasteiger charge is 2.23. The molecule has 0 heterocycles. The first-order valence-corrected chi connectivity index (χ1v) is 9.40. The summed E-state index contributed by atoms with van der Waals surface area (Å²) < 4.78 is 6.99. The Bertz CT molecular complexity index is 545. The second-order valence-corrected chi connectivity index (χ2v) is 7.38. The Labute approximate surface area is 144 Å². The minimum absolute atomic E-state index is 0.504. The van der Waals surface area contributed by atoms with Gasteiger partial charge in [0.15, 0.2) is 0 Å². The average molecular weight is 365 g/mol. The molecule has 0 aliphatic heterocycles. The van der Waals surface area contributed by atoms with E-state index in [0.717, 1.165) is 12.2 Å². The highest BCUT2D eigenvalue weighted by Crippen LogP contribution is 2.43. The van der Waals surface area contributed by atoms with Gasteiger partial charge in [-0.2, -0.15) is 0 Å². The number of allylic oxidation sites excluding steroid dienone is 2.